The Hall–Kier alpha value is -1.88. The van der Waals surface area contributed by atoms with Gasteiger partial charge in [0.1, 0.15) is 6.61 Å². The predicted octanol–water partition coefficient (Wildman–Crippen LogP) is 1.58. The van der Waals surface area contributed by atoms with Crippen LogP contribution in [0.15, 0.2) is 24.3 Å². The number of carbonyl (C=O) groups is 2. The van der Waals surface area contributed by atoms with E-state index >= 15 is 0 Å². The monoisotopic (exact) mass is 238 g/mol. The van der Waals surface area contributed by atoms with Gasteiger partial charge in [-0.2, -0.15) is 0 Å². The lowest BCUT2D eigenvalue weighted by atomic mass is 10.1. The number of ether oxygens (including phenoxy) is 2. The van der Waals surface area contributed by atoms with Crippen molar-refractivity contribution in [2.75, 3.05) is 13.7 Å². The van der Waals surface area contributed by atoms with Crippen molar-refractivity contribution in [1.82, 2.24) is 0 Å². The predicted molar refractivity (Wildman–Crippen MR) is 60.2 cm³/mol. The zero-order valence-corrected chi connectivity index (χ0v) is 9.67. The first-order chi connectivity index (χ1) is 8.04. The van der Waals surface area contributed by atoms with Gasteiger partial charge in [0.25, 0.3) is 0 Å². The van der Waals surface area contributed by atoms with E-state index < -0.39 is 11.9 Å². The largest absolute Gasteiger partial charge is 0.478 e. The van der Waals surface area contributed by atoms with Gasteiger partial charge < -0.3 is 14.6 Å². The third-order valence-electron chi connectivity index (χ3n) is 2.22. The van der Waals surface area contributed by atoms with Crippen molar-refractivity contribution in [3.8, 4) is 0 Å². The second kappa shape index (κ2) is 6.00. The molecule has 1 atom stereocenters. The molecule has 0 saturated heterocycles. The van der Waals surface area contributed by atoms with Crippen LogP contribution < -0.4 is 0 Å². The van der Waals surface area contributed by atoms with Crippen LogP contribution in [-0.2, 0) is 9.47 Å². The van der Waals surface area contributed by atoms with E-state index in [1.54, 1.807) is 6.92 Å². The summed E-state index contributed by atoms with van der Waals surface area (Å²) < 4.78 is 9.90. The molecule has 0 radical (unpaired) electrons. The minimum atomic E-state index is -1.03. The molecule has 0 saturated carbocycles. The van der Waals surface area contributed by atoms with Crippen LogP contribution in [0.3, 0.4) is 0 Å². The molecule has 0 bridgehead atoms. The van der Waals surface area contributed by atoms with Crippen molar-refractivity contribution >= 4 is 11.9 Å². The first kappa shape index (κ1) is 13.2. The number of esters is 1. The number of carboxylic acids is 1. The lowest BCUT2D eigenvalue weighted by Gasteiger charge is -2.10. The maximum absolute atomic E-state index is 11.5. The molecule has 92 valence electrons. The first-order valence-corrected chi connectivity index (χ1v) is 5.08. The van der Waals surface area contributed by atoms with Crippen LogP contribution in [-0.4, -0.2) is 36.9 Å². The van der Waals surface area contributed by atoms with Crippen LogP contribution in [0.4, 0.5) is 0 Å². The molecule has 5 heteroatoms. The third-order valence-corrected chi connectivity index (χ3v) is 2.22. The summed E-state index contributed by atoms with van der Waals surface area (Å²) in [5.41, 5.74) is 0.449. The Morgan fingerprint density at radius 1 is 1.24 bits per heavy atom. The lowest BCUT2D eigenvalue weighted by Crippen LogP contribution is -2.17. The fourth-order valence-electron chi connectivity index (χ4n) is 1.09. The first-order valence-electron chi connectivity index (χ1n) is 5.08. The van der Waals surface area contributed by atoms with Gasteiger partial charge in [0, 0.05) is 7.11 Å². The summed E-state index contributed by atoms with van der Waals surface area (Å²) >= 11 is 0. The van der Waals surface area contributed by atoms with E-state index in [0.717, 1.165) is 0 Å². The van der Waals surface area contributed by atoms with Gasteiger partial charge in [-0.05, 0) is 31.2 Å². The third kappa shape index (κ3) is 3.88. The van der Waals surface area contributed by atoms with Gasteiger partial charge in [-0.1, -0.05) is 0 Å². The molecule has 0 aliphatic heterocycles. The van der Waals surface area contributed by atoms with Crippen LogP contribution in [0.5, 0.6) is 0 Å². The summed E-state index contributed by atoms with van der Waals surface area (Å²) in [4.78, 5) is 22.1. The zero-order chi connectivity index (χ0) is 12.8. The number of carboxylic acid groups (broad SMARTS) is 1. The highest BCUT2D eigenvalue weighted by atomic mass is 16.6. The summed E-state index contributed by atoms with van der Waals surface area (Å²) in [6, 6.07) is 5.56. The number of benzene rings is 1. The molecule has 0 aliphatic carbocycles. The van der Waals surface area contributed by atoms with E-state index in [0.29, 0.717) is 5.56 Å². The smallest absolute Gasteiger partial charge is 0.338 e. The van der Waals surface area contributed by atoms with Gasteiger partial charge in [-0.15, -0.1) is 0 Å². The van der Waals surface area contributed by atoms with Gasteiger partial charge in [-0.3, -0.25) is 0 Å². The summed E-state index contributed by atoms with van der Waals surface area (Å²) in [6.45, 7) is 1.94. The minimum Gasteiger partial charge on any atom is -0.478 e. The number of carbonyl (C=O) groups excluding carboxylic acids is 1. The minimum absolute atomic E-state index is 0.131. The second-order valence-corrected chi connectivity index (χ2v) is 3.53. The van der Waals surface area contributed by atoms with E-state index in [-0.39, 0.29) is 18.3 Å². The van der Waals surface area contributed by atoms with Gasteiger partial charge in [0.05, 0.1) is 17.2 Å². The molecular formula is C12H14O5. The van der Waals surface area contributed by atoms with E-state index in [2.05, 4.69) is 0 Å². The van der Waals surface area contributed by atoms with Crippen molar-refractivity contribution in [1.29, 1.82) is 0 Å². The summed E-state index contributed by atoms with van der Waals surface area (Å²) in [5, 5.41) is 8.69. The van der Waals surface area contributed by atoms with Crippen molar-refractivity contribution in [3.05, 3.63) is 35.4 Å². The topological polar surface area (TPSA) is 72.8 Å². The van der Waals surface area contributed by atoms with Crippen LogP contribution in [0.2, 0.25) is 0 Å². The number of hydrogen-bond acceptors (Lipinski definition) is 4. The van der Waals surface area contributed by atoms with Crippen LogP contribution in [0.1, 0.15) is 27.6 Å². The van der Waals surface area contributed by atoms with Gasteiger partial charge in [0.15, 0.2) is 0 Å². The Morgan fingerprint density at radius 3 is 2.24 bits per heavy atom. The molecule has 1 rings (SSSR count). The summed E-state index contributed by atoms with van der Waals surface area (Å²) in [7, 11) is 1.53. The second-order valence-electron chi connectivity index (χ2n) is 3.53. The Bertz CT molecular complexity index is 396. The highest BCUT2D eigenvalue weighted by molar-refractivity contribution is 5.92. The lowest BCUT2D eigenvalue weighted by molar-refractivity contribution is 0.0169. The molecule has 1 N–H and O–H groups in total. The standard InChI is InChI=1S/C12H14O5/c1-8(16-2)7-17-12(15)10-5-3-9(4-6-10)11(13)14/h3-6,8H,7H2,1-2H3,(H,13,14). The van der Waals surface area contributed by atoms with Gasteiger partial charge in [-0.25, -0.2) is 9.59 Å². The van der Waals surface area contributed by atoms with Crippen LogP contribution in [0.25, 0.3) is 0 Å². The van der Waals surface area contributed by atoms with Crippen molar-refractivity contribution in [2.45, 2.75) is 13.0 Å². The fourth-order valence-corrected chi connectivity index (χ4v) is 1.09. The van der Waals surface area contributed by atoms with Crippen molar-refractivity contribution < 1.29 is 24.2 Å². The molecule has 1 unspecified atom stereocenters. The Balaban J connectivity index is 2.61. The molecule has 1 aromatic carbocycles. The average Bonchev–Trinajstić information content (AvgIpc) is 2.35. The average molecular weight is 238 g/mol. The number of aromatic carboxylic acids is 1. The summed E-state index contributed by atoms with van der Waals surface area (Å²) in [5.74, 6) is -1.52. The maximum atomic E-state index is 11.5. The molecule has 0 fully saturated rings. The number of methoxy groups -OCH3 is 1. The number of rotatable bonds is 5. The van der Waals surface area contributed by atoms with E-state index in [1.807, 2.05) is 0 Å². The Kier molecular flexibility index (Phi) is 4.66. The molecule has 0 amide bonds. The molecule has 0 aliphatic rings. The van der Waals surface area contributed by atoms with Crippen molar-refractivity contribution in [2.24, 2.45) is 0 Å². The van der Waals surface area contributed by atoms with Crippen LogP contribution >= 0.6 is 0 Å². The Morgan fingerprint density at radius 2 is 1.76 bits per heavy atom. The maximum Gasteiger partial charge on any atom is 0.338 e. The van der Waals surface area contributed by atoms with Gasteiger partial charge in [0.2, 0.25) is 0 Å². The highest BCUT2D eigenvalue weighted by Crippen LogP contribution is 2.06. The van der Waals surface area contributed by atoms with Crippen LogP contribution in [0, 0.1) is 0 Å². The molecule has 5 nitrogen and oxygen atoms in total. The molecule has 0 spiro atoms. The van der Waals surface area contributed by atoms with E-state index in [4.69, 9.17) is 14.6 Å². The molecule has 1 aromatic rings. The SMILES string of the molecule is COC(C)COC(=O)c1ccc(C(=O)O)cc1. The molecular weight excluding hydrogens is 224 g/mol. The van der Waals surface area contributed by atoms with E-state index in [9.17, 15) is 9.59 Å². The van der Waals surface area contributed by atoms with E-state index in [1.165, 1.54) is 31.4 Å². The Labute approximate surface area is 99.0 Å². The quantitative estimate of drug-likeness (QED) is 0.788. The molecule has 0 aromatic heterocycles. The fraction of sp³-hybridized carbons (Fsp3) is 0.333. The highest BCUT2D eigenvalue weighted by Gasteiger charge is 2.10. The summed E-state index contributed by atoms with van der Waals surface area (Å²) in [6.07, 6.45) is -0.169. The van der Waals surface area contributed by atoms with Gasteiger partial charge >= 0.3 is 11.9 Å². The van der Waals surface area contributed by atoms with Crippen molar-refractivity contribution in [3.63, 3.8) is 0 Å². The normalized spacial score (nSPS) is 11.9. The number of hydrogen-bond donors (Lipinski definition) is 1. The molecule has 0 heterocycles. The molecule has 17 heavy (non-hydrogen) atoms. The zero-order valence-electron chi connectivity index (χ0n) is 9.67.